The molecule has 1 fully saturated rings. The molecule has 10 heteroatoms. The molecule has 6 aromatic carbocycles. The van der Waals surface area contributed by atoms with Crippen molar-refractivity contribution in [3.8, 4) is 5.75 Å². The number of carbonyl (C=O) groups is 2. The molecule has 7 rings (SSSR count). The molecule has 0 bridgehead atoms. The van der Waals surface area contributed by atoms with Gasteiger partial charge in [-0.15, -0.1) is 0 Å². The van der Waals surface area contributed by atoms with Crippen LogP contribution in [0, 0.1) is 0 Å². The standard InChI is InChI=1S/C45H38N2O6S2/c1-33(35-24-28-41(29-25-35)55(50,51)40-20-12-5-13-21-40)46-53-31-30-52-39-26-22-34(23-27-39)32-42-43(48)47(44(49)54-42)45(36-14-6-2-7-15-36,37-16-8-3-9-17-37)38-18-10-4-11-19-38/h2-29,42H,30-32H2,1H3. The van der Waals surface area contributed by atoms with E-state index in [4.69, 9.17) is 9.57 Å². The quantitative estimate of drug-likeness (QED) is 0.0472. The topological polar surface area (TPSA) is 102 Å². The predicted octanol–water partition coefficient (Wildman–Crippen LogP) is 8.94. The summed E-state index contributed by atoms with van der Waals surface area (Å²) >= 11 is 1.06. The fraction of sp³-hybridized carbons (Fsp3) is 0.133. The van der Waals surface area contributed by atoms with Crippen molar-refractivity contribution in [3.05, 3.63) is 198 Å². The number of benzene rings is 6. The summed E-state index contributed by atoms with van der Waals surface area (Å²) in [4.78, 5) is 35.8. The van der Waals surface area contributed by atoms with Gasteiger partial charge in [-0.25, -0.2) is 8.42 Å². The summed E-state index contributed by atoms with van der Waals surface area (Å²) in [6.45, 7) is 2.22. The second kappa shape index (κ2) is 16.6. The molecule has 0 N–H and O–H groups in total. The fourth-order valence-electron chi connectivity index (χ4n) is 6.75. The molecule has 1 aliphatic heterocycles. The highest BCUT2D eigenvalue weighted by Gasteiger charge is 2.54. The molecular formula is C45H38N2O6S2. The molecular weight excluding hydrogens is 729 g/mol. The smallest absolute Gasteiger partial charge is 0.290 e. The van der Waals surface area contributed by atoms with Gasteiger partial charge in [0.2, 0.25) is 15.7 Å². The Labute approximate surface area is 325 Å². The van der Waals surface area contributed by atoms with Gasteiger partial charge in [0, 0.05) is 0 Å². The van der Waals surface area contributed by atoms with E-state index >= 15 is 0 Å². The van der Waals surface area contributed by atoms with Crippen molar-refractivity contribution >= 4 is 38.5 Å². The molecule has 55 heavy (non-hydrogen) atoms. The number of imide groups is 1. The monoisotopic (exact) mass is 766 g/mol. The van der Waals surface area contributed by atoms with E-state index in [-0.39, 0.29) is 34.2 Å². The molecule has 1 heterocycles. The van der Waals surface area contributed by atoms with Crippen LogP contribution in [0.4, 0.5) is 4.79 Å². The Balaban J connectivity index is 0.977. The lowest BCUT2D eigenvalue weighted by molar-refractivity contribution is -0.129. The number of amides is 2. The van der Waals surface area contributed by atoms with Crippen LogP contribution in [-0.4, -0.2) is 48.6 Å². The summed E-state index contributed by atoms with van der Waals surface area (Å²) in [5.74, 6) is 0.385. The van der Waals surface area contributed by atoms with Gasteiger partial charge in [0.1, 0.15) is 17.9 Å². The number of sulfone groups is 1. The van der Waals surface area contributed by atoms with E-state index in [1.54, 1.807) is 61.5 Å². The Bertz CT molecular complexity index is 2280. The number of nitrogens with zero attached hydrogens (tertiary/aromatic N) is 2. The minimum Gasteiger partial charge on any atom is -0.490 e. The zero-order chi connectivity index (χ0) is 38.3. The minimum atomic E-state index is -3.60. The molecule has 8 nitrogen and oxygen atoms in total. The van der Waals surface area contributed by atoms with Gasteiger partial charge >= 0.3 is 0 Å². The third-order valence-corrected chi connectivity index (χ3v) is 12.3. The van der Waals surface area contributed by atoms with Crippen LogP contribution in [0.1, 0.15) is 34.7 Å². The molecule has 0 aliphatic carbocycles. The van der Waals surface area contributed by atoms with E-state index in [1.165, 1.54) is 4.90 Å². The normalized spacial score (nSPS) is 14.9. The lowest BCUT2D eigenvalue weighted by Gasteiger charge is -2.42. The van der Waals surface area contributed by atoms with Crippen LogP contribution >= 0.6 is 11.8 Å². The number of carbonyl (C=O) groups excluding carboxylic acids is 2. The SMILES string of the molecule is CC(=NOCCOc1ccc(CC2SC(=O)N(C(c3ccccc3)(c3ccccc3)c3ccccc3)C2=O)cc1)c1ccc(S(=O)(=O)c2ccccc2)cc1. The zero-order valence-corrected chi connectivity index (χ0v) is 31.7. The van der Waals surface area contributed by atoms with Gasteiger partial charge in [0.05, 0.1) is 20.8 Å². The molecule has 1 aliphatic rings. The van der Waals surface area contributed by atoms with Crippen molar-refractivity contribution in [2.24, 2.45) is 5.16 Å². The van der Waals surface area contributed by atoms with E-state index in [1.807, 2.05) is 115 Å². The van der Waals surface area contributed by atoms with Gasteiger partial charge in [-0.05, 0) is 77.6 Å². The summed E-state index contributed by atoms with van der Waals surface area (Å²) in [5, 5.41) is 3.27. The molecule has 276 valence electrons. The van der Waals surface area contributed by atoms with Crippen molar-refractivity contribution in [1.29, 1.82) is 0 Å². The number of rotatable bonds is 14. The molecule has 6 aromatic rings. The summed E-state index contributed by atoms with van der Waals surface area (Å²) in [6.07, 6.45) is 0.372. The van der Waals surface area contributed by atoms with Gasteiger partial charge in [-0.3, -0.25) is 14.5 Å². The molecule has 1 unspecified atom stereocenters. The van der Waals surface area contributed by atoms with Crippen molar-refractivity contribution in [2.75, 3.05) is 13.2 Å². The number of ether oxygens (including phenoxy) is 1. The van der Waals surface area contributed by atoms with Crippen LogP contribution in [0.3, 0.4) is 0 Å². The van der Waals surface area contributed by atoms with Gasteiger partial charge in [-0.1, -0.05) is 150 Å². The summed E-state index contributed by atoms with van der Waals surface area (Å²) in [7, 11) is -3.60. The minimum absolute atomic E-state index is 0.191. The second-order valence-electron chi connectivity index (χ2n) is 12.9. The number of oxime groups is 1. The molecule has 1 saturated heterocycles. The first-order valence-electron chi connectivity index (χ1n) is 17.8. The molecule has 0 saturated carbocycles. The van der Waals surface area contributed by atoms with Crippen LogP contribution in [0.15, 0.2) is 185 Å². The van der Waals surface area contributed by atoms with E-state index in [9.17, 15) is 18.0 Å². The maximum atomic E-state index is 14.4. The molecule has 0 radical (unpaired) electrons. The maximum absolute atomic E-state index is 14.4. The predicted molar refractivity (Wildman–Crippen MR) is 215 cm³/mol. The Hall–Kier alpha value is -5.97. The van der Waals surface area contributed by atoms with E-state index in [0.29, 0.717) is 17.9 Å². The Morgan fingerprint density at radius 1 is 0.655 bits per heavy atom. The van der Waals surface area contributed by atoms with E-state index in [2.05, 4.69) is 5.16 Å². The summed E-state index contributed by atoms with van der Waals surface area (Å²) in [5.41, 5.74) is 3.55. The highest BCUT2D eigenvalue weighted by Crippen LogP contribution is 2.47. The fourth-order valence-corrected chi connectivity index (χ4v) is 9.09. The van der Waals surface area contributed by atoms with Crippen LogP contribution in [-0.2, 0) is 31.4 Å². The Morgan fingerprint density at radius 3 is 1.67 bits per heavy atom. The third-order valence-electron chi connectivity index (χ3n) is 9.46. The third kappa shape index (κ3) is 7.83. The molecule has 0 spiro atoms. The van der Waals surface area contributed by atoms with Crippen LogP contribution in [0.5, 0.6) is 5.75 Å². The van der Waals surface area contributed by atoms with Crippen molar-refractivity contribution in [2.45, 2.75) is 33.9 Å². The maximum Gasteiger partial charge on any atom is 0.290 e. The van der Waals surface area contributed by atoms with Gasteiger partial charge < -0.3 is 9.57 Å². The van der Waals surface area contributed by atoms with Crippen LogP contribution in [0.2, 0.25) is 0 Å². The van der Waals surface area contributed by atoms with E-state index < -0.39 is 20.6 Å². The van der Waals surface area contributed by atoms with Crippen molar-refractivity contribution in [1.82, 2.24) is 4.90 Å². The lowest BCUT2D eigenvalue weighted by Crippen LogP contribution is -2.51. The average molecular weight is 767 g/mol. The molecule has 2 amide bonds. The zero-order valence-electron chi connectivity index (χ0n) is 30.0. The lowest BCUT2D eigenvalue weighted by atomic mass is 9.75. The highest BCUT2D eigenvalue weighted by atomic mass is 32.2. The highest BCUT2D eigenvalue weighted by molar-refractivity contribution is 8.15. The van der Waals surface area contributed by atoms with Crippen LogP contribution < -0.4 is 4.74 Å². The average Bonchev–Trinajstić information content (AvgIpc) is 3.51. The number of hydrogen-bond acceptors (Lipinski definition) is 8. The number of thioether (sulfide) groups is 1. The first kappa shape index (κ1) is 37.3. The largest absolute Gasteiger partial charge is 0.490 e. The first-order chi connectivity index (χ1) is 26.8. The van der Waals surface area contributed by atoms with Crippen LogP contribution in [0.25, 0.3) is 0 Å². The Morgan fingerprint density at radius 2 is 1.15 bits per heavy atom. The molecule has 0 aromatic heterocycles. The molecule has 1 atom stereocenters. The number of hydrogen-bond donors (Lipinski definition) is 0. The summed E-state index contributed by atoms with van der Waals surface area (Å²) < 4.78 is 31.6. The summed E-state index contributed by atoms with van der Waals surface area (Å²) in [6, 6.07) is 51.5. The van der Waals surface area contributed by atoms with E-state index in [0.717, 1.165) is 39.6 Å². The first-order valence-corrected chi connectivity index (χ1v) is 20.1. The van der Waals surface area contributed by atoms with Crippen molar-refractivity contribution in [3.63, 3.8) is 0 Å². The Kier molecular flexibility index (Phi) is 11.3. The van der Waals surface area contributed by atoms with Crippen molar-refractivity contribution < 1.29 is 27.6 Å². The van der Waals surface area contributed by atoms with Gasteiger partial charge in [-0.2, -0.15) is 0 Å². The van der Waals surface area contributed by atoms with Gasteiger partial charge in [0.15, 0.2) is 6.61 Å². The second-order valence-corrected chi connectivity index (χ2v) is 16.0. The van der Waals surface area contributed by atoms with Gasteiger partial charge in [0.25, 0.3) is 5.24 Å².